The van der Waals surface area contributed by atoms with Crippen molar-refractivity contribution in [3.05, 3.63) is 12.7 Å². The van der Waals surface area contributed by atoms with Crippen LogP contribution < -0.4 is 0 Å². The summed E-state index contributed by atoms with van der Waals surface area (Å²) in [6.07, 6.45) is -13.5. The third-order valence-electron chi connectivity index (χ3n) is 4.63. The highest BCUT2D eigenvalue weighted by Crippen LogP contribution is 2.37. The van der Waals surface area contributed by atoms with Crippen molar-refractivity contribution in [2.75, 3.05) is 13.2 Å². The lowest BCUT2D eigenvalue weighted by Crippen LogP contribution is -2.69. The number of rotatable bonds is 6. The number of ether oxygens (including phenoxy) is 3. The lowest BCUT2D eigenvalue weighted by molar-refractivity contribution is -0.421. The van der Waals surface area contributed by atoms with E-state index in [2.05, 4.69) is 6.58 Å². The summed E-state index contributed by atoms with van der Waals surface area (Å²) >= 11 is 0. The van der Waals surface area contributed by atoms with Crippen LogP contribution in [0, 0.1) is 0 Å². The minimum atomic E-state index is -2.08. The van der Waals surface area contributed by atoms with E-state index in [9.17, 15) is 40.9 Å². The minimum Gasteiger partial charge on any atom is -0.394 e. The average molecular weight is 382 g/mol. The Morgan fingerprint density at radius 3 is 1.96 bits per heavy atom. The lowest BCUT2D eigenvalue weighted by atomic mass is 9.90. The molecule has 0 aromatic carbocycles. The van der Waals surface area contributed by atoms with Gasteiger partial charge in [-0.25, -0.2) is 0 Å². The van der Waals surface area contributed by atoms with E-state index in [4.69, 9.17) is 14.2 Å². The second-order valence-electron chi connectivity index (χ2n) is 6.38. The van der Waals surface area contributed by atoms with Crippen LogP contribution in [0.4, 0.5) is 0 Å². The molecule has 8 N–H and O–H groups in total. The fraction of sp³-hybridized carbons (Fsp3) is 0.867. The maximum atomic E-state index is 10.4. The largest absolute Gasteiger partial charge is 0.394 e. The van der Waals surface area contributed by atoms with E-state index in [1.807, 2.05) is 0 Å². The Kier molecular flexibility index (Phi) is 7.10. The standard InChI is InChI=1S/C15H26O11/c1-2-3-15(13(23)11(21)9(19)7(5-17)25-15)26-14-12(22)10(20)8(18)6(4-16)24-14/h2,6-14,16-23H,1,3-5H2/t6-,7-,8-,9-,10+,11+,12-,13-,14?,15?/m1/s1. The molecule has 2 aliphatic rings. The van der Waals surface area contributed by atoms with Crippen LogP contribution in [0.3, 0.4) is 0 Å². The maximum Gasteiger partial charge on any atom is 0.203 e. The topological polar surface area (TPSA) is 190 Å². The molecule has 2 saturated heterocycles. The van der Waals surface area contributed by atoms with E-state index in [0.717, 1.165) is 0 Å². The fourth-order valence-corrected chi connectivity index (χ4v) is 3.08. The van der Waals surface area contributed by atoms with Gasteiger partial charge in [-0.2, -0.15) is 0 Å². The van der Waals surface area contributed by atoms with Crippen LogP contribution in [-0.2, 0) is 14.2 Å². The zero-order valence-corrected chi connectivity index (χ0v) is 13.9. The van der Waals surface area contributed by atoms with Crippen molar-refractivity contribution in [3.63, 3.8) is 0 Å². The molecule has 0 bridgehead atoms. The quantitative estimate of drug-likeness (QED) is 0.207. The fourth-order valence-electron chi connectivity index (χ4n) is 3.08. The Morgan fingerprint density at radius 2 is 1.42 bits per heavy atom. The first-order valence-corrected chi connectivity index (χ1v) is 8.14. The summed E-state index contributed by atoms with van der Waals surface area (Å²) in [6, 6.07) is 0. The third-order valence-corrected chi connectivity index (χ3v) is 4.63. The minimum absolute atomic E-state index is 0.247. The Hall–Kier alpha value is -0.700. The molecule has 0 aromatic rings. The molecule has 0 saturated carbocycles. The van der Waals surface area contributed by atoms with Crippen LogP contribution in [0.5, 0.6) is 0 Å². The first-order valence-electron chi connectivity index (χ1n) is 8.14. The van der Waals surface area contributed by atoms with E-state index >= 15 is 0 Å². The first kappa shape index (κ1) is 21.6. The van der Waals surface area contributed by atoms with E-state index in [-0.39, 0.29) is 6.42 Å². The summed E-state index contributed by atoms with van der Waals surface area (Å²) in [4.78, 5) is 0. The van der Waals surface area contributed by atoms with Gasteiger partial charge in [0.05, 0.1) is 13.2 Å². The number of hydrogen-bond acceptors (Lipinski definition) is 11. The van der Waals surface area contributed by atoms with E-state index in [0.29, 0.717) is 0 Å². The number of aliphatic hydroxyl groups excluding tert-OH is 8. The molecule has 2 unspecified atom stereocenters. The molecular formula is C15H26O11. The van der Waals surface area contributed by atoms with Crippen molar-refractivity contribution < 1.29 is 55.1 Å². The van der Waals surface area contributed by atoms with Crippen LogP contribution in [0.15, 0.2) is 12.7 Å². The third kappa shape index (κ3) is 3.79. The van der Waals surface area contributed by atoms with Crippen molar-refractivity contribution >= 4 is 0 Å². The van der Waals surface area contributed by atoms with Gasteiger partial charge in [0.2, 0.25) is 5.79 Å². The normalized spacial score (nSPS) is 49.8. The zero-order valence-electron chi connectivity index (χ0n) is 13.9. The molecule has 0 amide bonds. The van der Waals surface area contributed by atoms with Gasteiger partial charge >= 0.3 is 0 Å². The van der Waals surface area contributed by atoms with E-state index in [1.165, 1.54) is 6.08 Å². The highest BCUT2D eigenvalue weighted by molar-refractivity contribution is 5.01. The molecule has 26 heavy (non-hydrogen) atoms. The summed E-state index contributed by atoms with van der Waals surface area (Å²) < 4.78 is 16.2. The van der Waals surface area contributed by atoms with E-state index < -0.39 is 74.1 Å². The van der Waals surface area contributed by atoms with Gasteiger partial charge in [0.1, 0.15) is 48.8 Å². The highest BCUT2D eigenvalue weighted by Gasteiger charge is 2.57. The Labute approximate surface area is 149 Å². The molecule has 0 aliphatic carbocycles. The van der Waals surface area contributed by atoms with Crippen molar-refractivity contribution in [3.8, 4) is 0 Å². The van der Waals surface area contributed by atoms with Crippen LogP contribution in [0.2, 0.25) is 0 Å². The van der Waals surface area contributed by atoms with Gasteiger partial charge in [-0.15, -0.1) is 6.58 Å². The average Bonchev–Trinajstić information content (AvgIpc) is 2.63. The van der Waals surface area contributed by atoms with Crippen molar-refractivity contribution in [2.45, 2.75) is 67.3 Å². The van der Waals surface area contributed by atoms with Crippen molar-refractivity contribution in [1.82, 2.24) is 0 Å². The smallest absolute Gasteiger partial charge is 0.203 e. The Morgan fingerprint density at radius 1 is 0.846 bits per heavy atom. The SMILES string of the molecule is C=CCC1(OC2O[C@H](CO)[C@@H](O)[C@H](O)[C@H]2O)O[C@H](CO)[C@@H](O)[C@H](O)[C@H]1O. The molecule has 10 atom stereocenters. The van der Waals surface area contributed by atoms with Crippen LogP contribution >= 0.6 is 0 Å². The van der Waals surface area contributed by atoms with Gasteiger partial charge in [0, 0.05) is 6.42 Å². The van der Waals surface area contributed by atoms with Gasteiger partial charge in [0.15, 0.2) is 6.29 Å². The summed E-state index contributed by atoms with van der Waals surface area (Å²) in [5, 5.41) is 78.6. The molecule has 2 rings (SSSR count). The predicted octanol–water partition coefficient (Wildman–Crippen LogP) is -4.45. The number of hydrogen-bond donors (Lipinski definition) is 8. The predicted molar refractivity (Wildman–Crippen MR) is 82.4 cm³/mol. The van der Waals surface area contributed by atoms with Crippen molar-refractivity contribution in [1.29, 1.82) is 0 Å². The van der Waals surface area contributed by atoms with Gasteiger partial charge in [0.25, 0.3) is 0 Å². The van der Waals surface area contributed by atoms with Crippen LogP contribution in [-0.4, -0.2) is 115 Å². The molecule has 11 heteroatoms. The number of aliphatic hydroxyl groups is 8. The molecule has 0 aromatic heterocycles. The van der Waals surface area contributed by atoms with Gasteiger partial charge in [-0.05, 0) is 0 Å². The molecule has 0 spiro atoms. The van der Waals surface area contributed by atoms with Gasteiger partial charge in [-0.1, -0.05) is 6.08 Å². The molecule has 2 fully saturated rings. The zero-order chi connectivity index (χ0) is 19.6. The molecule has 2 aliphatic heterocycles. The summed E-state index contributed by atoms with van der Waals surface area (Å²) in [6.45, 7) is 2.09. The summed E-state index contributed by atoms with van der Waals surface area (Å²) in [5.74, 6) is -2.08. The second-order valence-corrected chi connectivity index (χ2v) is 6.38. The molecule has 0 radical (unpaired) electrons. The second kappa shape index (κ2) is 8.54. The molecule has 152 valence electrons. The Balaban J connectivity index is 2.29. The Bertz CT molecular complexity index is 473. The monoisotopic (exact) mass is 382 g/mol. The van der Waals surface area contributed by atoms with E-state index in [1.54, 1.807) is 0 Å². The van der Waals surface area contributed by atoms with Gasteiger partial charge < -0.3 is 55.1 Å². The molecule has 11 nitrogen and oxygen atoms in total. The van der Waals surface area contributed by atoms with Gasteiger partial charge in [-0.3, -0.25) is 0 Å². The molecular weight excluding hydrogens is 356 g/mol. The van der Waals surface area contributed by atoms with Crippen molar-refractivity contribution in [2.24, 2.45) is 0 Å². The van der Waals surface area contributed by atoms with Crippen LogP contribution in [0.25, 0.3) is 0 Å². The first-order chi connectivity index (χ1) is 12.2. The summed E-state index contributed by atoms with van der Waals surface area (Å²) in [7, 11) is 0. The highest BCUT2D eigenvalue weighted by atomic mass is 16.8. The summed E-state index contributed by atoms with van der Waals surface area (Å²) in [5.41, 5.74) is 0. The lowest BCUT2D eigenvalue weighted by Gasteiger charge is -2.50. The maximum absolute atomic E-state index is 10.4. The van der Waals surface area contributed by atoms with Crippen LogP contribution in [0.1, 0.15) is 6.42 Å². The molecule has 2 heterocycles.